The lowest BCUT2D eigenvalue weighted by Crippen LogP contribution is -2.26. The predicted octanol–water partition coefficient (Wildman–Crippen LogP) is 0.801. The molecular formula is C11H15N3O. The normalized spacial score (nSPS) is 19.0. The van der Waals surface area contributed by atoms with Crippen LogP contribution in [0.15, 0.2) is 0 Å². The number of fused-ring (bicyclic) bond motifs is 1. The Labute approximate surface area is 88.7 Å². The summed E-state index contributed by atoms with van der Waals surface area (Å²) in [7, 11) is 1.93. The summed E-state index contributed by atoms with van der Waals surface area (Å²) in [5.41, 5.74) is 3.09. The third-order valence-electron chi connectivity index (χ3n) is 3.24. The van der Waals surface area contributed by atoms with Gasteiger partial charge in [0, 0.05) is 24.3 Å². The van der Waals surface area contributed by atoms with Gasteiger partial charge in [0.15, 0.2) is 5.69 Å². The highest BCUT2D eigenvalue weighted by atomic mass is 16.2. The lowest BCUT2D eigenvalue weighted by molar-refractivity contribution is 0.0944. The largest absolute Gasteiger partial charge is 0.348 e. The molecule has 1 heterocycles. The van der Waals surface area contributed by atoms with E-state index in [0.717, 1.165) is 32.1 Å². The van der Waals surface area contributed by atoms with E-state index in [2.05, 4.69) is 10.4 Å². The lowest BCUT2D eigenvalue weighted by atomic mass is 10.2. The zero-order valence-electron chi connectivity index (χ0n) is 8.92. The summed E-state index contributed by atoms with van der Waals surface area (Å²) in [5, 5.41) is 7.32. The highest BCUT2D eigenvalue weighted by Gasteiger charge is 2.29. The summed E-state index contributed by atoms with van der Waals surface area (Å²) in [6, 6.07) is 0.413. The third kappa shape index (κ3) is 1.44. The first-order valence-electron chi connectivity index (χ1n) is 5.61. The molecule has 15 heavy (non-hydrogen) atoms. The summed E-state index contributed by atoms with van der Waals surface area (Å²) >= 11 is 0. The van der Waals surface area contributed by atoms with Crippen molar-refractivity contribution in [2.75, 3.05) is 0 Å². The van der Waals surface area contributed by atoms with Crippen LogP contribution in [0.3, 0.4) is 0 Å². The molecule has 4 heteroatoms. The number of rotatable bonds is 2. The second-order valence-electron chi connectivity index (χ2n) is 4.50. The quantitative estimate of drug-likeness (QED) is 0.776. The molecule has 2 aliphatic carbocycles. The minimum Gasteiger partial charge on any atom is -0.348 e. The lowest BCUT2D eigenvalue weighted by Gasteiger charge is -2.00. The Morgan fingerprint density at radius 2 is 2.27 bits per heavy atom. The zero-order chi connectivity index (χ0) is 10.4. The molecule has 1 aromatic heterocycles. The molecule has 0 aromatic carbocycles. The van der Waals surface area contributed by atoms with Crippen LogP contribution in [-0.4, -0.2) is 21.7 Å². The summed E-state index contributed by atoms with van der Waals surface area (Å²) in [4.78, 5) is 11.9. The Bertz CT molecular complexity index is 418. The Balaban J connectivity index is 1.90. The molecule has 4 nitrogen and oxygen atoms in total. The molecular weight excluding hydrogens is 190 g/mol. The molecule has 1 N–H and O–H groups in total. The van der Waals surface area contributed by atoms with Crippen molar-refractivity contribution in [2.24, 2.45) is 7.05 Å². The van der Waals surface area contributed by atoms with E-state index >= 15 is 0 Å². The van der Waals surface area contributed by atoms with Gasteiger partial charge >= 0.3 is 0 Å². The monoisotopic (exact) mass is 205 g/mol. The van der Waals surface area contributed by atoms with E-state index in [1.165, 1.54) is 11.3 Å². The highest BCUT2D eigenvalue weighted by Crippen LogP contribution is 2.25. The maximum Gasteiger partial charge on any atom is 0.272 e. The Kier molecular flexibility index (Phi) is 1.84. The molecule has 0 bridgehead atoms. The van der Waals surface area contributed by atoms with Crippen LogP contribution in [0.1, 0.15) is 41.0 Å². The van der Waals surface area contributed by atoms with Gasteiger partial charge in [0.25, 0.3) is 5.91 Å². The standard InChI is InChI=1S/C11H15N3O/c1-14-9-4-2-3-8(9)10(13-14)11(15)12-7-5-6-7/h7H,2-6H2,1H3,(H,12,15). The van der Waals surface area contributed by atoms with Crippen LogP contribution < -0.4 is 5.32 Å². The molecule has 1 fully saturated rings. The molecule has 2 aliphatic rings. The predicted molar refractivity (Wildman–Crippen MR) is 55.7 cm³/mol. The molecule has 0 radical (unpaired) electrons. The first kappa shape index (κ1) is 8.95. The fourth-order valence-corrected chi connectivity index (χ4v) is 2.27. The van der Waals surface area contributed by atoms with E-state index in [-0.39, 0.29) is 5.91 Å². The van der Waals surface area contributed by atoms with Crippen molar-refractivity contribution in [1.29, 1.82) is 0 Å². The van der Waals surface area contributed by atoms with Crippen molar-refractivity contribution < 1.29 is 4.79 Å². The van der Waals surface area contributed by atoms with E-state index in [0.29, 0.717) is 11.7 Å². The van der Waals surface area contributed by atoms with Crippen LogP contribution >= 0.6 is 0 Å². The molecule has 3 rings (SSSR count). The van der Waals surface area contributed by atoms with Crippen molar-refractivity contribution in [1.82, 2.24) is 15.1 Å². The Morgan fingerprint density at radius 3 is 3.00 bits per heavy atom. The first-order chi connectivity index (χ1) is 7.25. The van der Waals surface area contributed by atoms with Crippen molar-refractivity contribution in [3.8, 4) is 0 Å². The number of aromatic nitrogens is 2. The van der Waals surface area contributed by atoms with Gasteiger partial charge in [0.2, 0.25) is 0 Å². The molecule has 1 aromatic rings. The van der Waals surface area contributed by atoms with Crippen LogP contribution in [0.5, 0.6) is 0 Å². The van der Waals surface area contributed by atoms with E-state index in [1.807, 2.05) is 11.7 Å². The molecule has 1 amide bonds. The third-order valence-corrected chi connectivity index (χ3v) is 3.24. The van der Waals surface area contributed by atoms with Crippen LogP contribution in [0.25, 0.3) is 0 Å². The van der Waals surface area contributed by atoms with Gasteiger partial charge in [-0.15, -0.1) is 0 Å². The van der Waals surface area contributed by atoms with Gasteiger partial charge in [0.05, 0.1) is 0 Å². The average molecular weight is 205 g/mol. The molecule has 0 atom stereocenters. The maximum absolute atomic E-state index is 11.9. The SMILES string of the molecule is Cn1nc(C(=O)NC2CC2)c2c1CCC2. The second-order valence-corrected chi connectivity index (χ2v) is 4.50. The van der Waals surface area contributed by atoms with Crippen molar-refractivity contribution in [2.45, 2.75) is 38.1 Å². The highest BCUT2D eigenvalue weighted by molar-refractivity contribution is 5.94. The van der Waals surface area contributed by atoms with Gasteiger partial charge in [-0.3, -0.25) is 9.48 Å². The van der Waals surface area contributed by atoms with Gasteiger partial charge in [-0.05, 0) is 32.1 Å². The average Bonchev–Trinajstić information content (AvgIpc) is 2.79. The summed E-state index contributed by atoms with van der Waals surface area (Å²) in [6.45, 7) is 0. The van der Waals surface area contributed by atoms with Crippen LogP contribution in [0.4, 0.5) is 0 Å². The smallest absolute Gasteiger partial charge is 0.272 e. The molecule has 80 valence electrons. The Hall–Kier alpha value is -1.32. The summed E-state index contributed by atoms with van der Waals surface area (Å²) < 4.78 is 1.87. The van der Waals surface area contributed by atoms with Gasteiger partial charge in [0.1, 0.15) is 0 Å². The Morgan fingerprint density at radius 1 is 1.47 bits per heavy atom. The maximum atomic E-state index is 11.9. The van der Waals surface area contributed by atoms with Gasteiger partial charge < -0.3 is 5.32 Å². The minimum absolute atomic E-state index is 0.0243. The first-order valence-corrected chi connectivity index (χ1v) is 5.61. The zero-order valence-corrected chi connectivity index (χ0v) is 8.92. The van der Waals surface area contributed by atoms with Crippen LogP contribution in [-0.2, 0) is 19.9 Å². The summed E-state index contributed by atoms with van der Waals surface area (Å²) in [6.07, 6.45) is 5.48. The molecule has 0 unspecified atom stereocenters. The number of amides is 1. The van der Waals surface area contributed by atoms with E-state index in [9.17, 15) is 4.79 Å². The van der Waals surface area contributed by atoms with Crippen LogP contribution in [0, 0.1) is 0 Å². The number of aryl methyl sites for hydroxylation is 1. The number of hydrogen-bond acceptors (Lipinski definition) is 2. The fourth-order valence-electron chi connectivity index (χ4n) is 2.27. The van der Waals surface area contributed by atoms with E-state index in [1.54, 1.807) is 0 Å². The summed E-state index contributed by atoms with van der Waals surface area (Å²) in [5.74, 6) is 0.0243. The van der Waals surface area contributed by atoms with Crippen molar-refractivity contribution >= 4 is 5.91 Å². The topological polar surface area (TPSA) is 46.9 Å². The molecule has 0 aliphatic heterocycles. The van der Waals surface area contributed by atoms with Crippen LogP contribution in [0.2, 0.25) is 0 Å². The second kappa shape index (κ2) is 3.08. The van der Waals surface area contributed by atoms with E-state index < -0.39 is 0 Å². The number of nitrogens with one attached hydrogen (secondary N) is 1. The van der Waals surface area contributed by atoms with Crippen molar-refractivity contribution in [3.63, 3.8) is 0 Å². The number of nitrogens with zero attached hydrogens (tertiary/aromatic N) is 2. The molecule has 0 spiro atoms. The number of carbonyl (C=O) groups excluding carboxylic acids is 1. The van der Waals surface area contributed by atoms with Gasteiger partial charge in [-0.2, -0.15) is 5.10 Å². The number of carbonyl (C=O) groups is 1. The van der Waals surface area contributed by atoms with Gasteiger partial charge in [-0.25, -0.2) is 0 Å². The fraction of sp³-hybridized carbons (Fsp3) is 0.636. The van der Waals surface area contributed by atoms with Gasteiger partial charge in [-0.1, -0.05) is 0 Å². The van der Waals surface area contributed by atoms with E-state index in [4.69, 9.17) is 0 Å². The van der Waals surface area contributed by atoms with Crippen molar-refractivity contribution in [3.05, 3.63) is 17.0 Å². The minimum atomic E-state index is 0.0243. The molecule has 1 saturated carbocycles. The molecule has 0 saturated heterocycles. The number of hydrogen-bond donors (Lipinski definition) is 1.